The Morgan fingerprint density at radius 2 is 2.05 bits per heavy atom. The minimum absolute atomic E-state index is 0. The average molecular weight is 389 g/mol. The van der Waals surface area contributed by atoms with Crippen molar-refractivity contribution in [2.45, 2.75) is 38.7 Å². The van der Waals surface area contributed by atoms with Gasteiger partial charge in [0.15, 0.2) is 5.96 Å². The molecular weight excluding hydrogens is 365 g/mol. The van der Waals surface area contributed by atoms with Gasteiger partial charge >= 0.3 is 0 Å². The van der Waals surface area contributed by atoms with E-state index in [9.17, 15) is 0 Å². The fourth-order valence-corrected chi connectivity index (χ4v) is 2.18. The molecule has 1 aliphatic rings. The molecule has 0 radical (unpaired) electrons. The molecule has 0 aliphatic heterocycles. The van der Waals surface area contributed by atoms with Gasteiger partial charge < -0.3 is 15.8 Å². The second-order valence-electron chi connectivity index (χ2n) is 5.63. The molecule has 0 atom stereocenters. The van der Waals surface area contributed by atoms with Crippen molar-refractivity contribution >= 4 is 35.6 Å². The zero-order valence-electron chi connectivity index (χ0n) is 12.4. The summed E-state index contributed by atoms with van der Waals surface area (Å²) in [5, 5.41) is 3.14. The molecule has 0 saturated heterocycles. The molecule has 0 aromatic heterocycles. The van der Waals surface area contributed by atoms with E-state index in [1.54, 1.807) is 7.11 Å². The predicted molar refractivity (Wildman–Crippen MR) is 95.1 cm³/mol. The van der Waals surface area contributed by atoms with Crippen LogP contribution >= 0.6 is 24.0 Å². The van der Waals surface area contributed by atoms with Gasteiger partial charge in [-0.25, -0.2) is 0 Å². The summed E-state index contributed by atoms with van der Waals surface area (Å²) >= 11 is 0. The van der Waals surface area contributed by atoms with Crippen LogP contribution in [0.4, 0.5) is 5.69 Å². The summed E-state index contributed by atoms with van der Waals surface area (Å²) in [6.45, 7) is 4.51. The van der Waals surface area contributed by atoms with Crippen LogP contribution < -0.4 is 11.1 Å². The number of ether oxygens (including phenoxy) is 1. The first-order chi connectivity index (χ1) is 9.00. The van der Waals surface area contributed by atoms with Crippen molar-refractivity contribution in [1.29, 1.82) is 0 Å². The monoisotopic (exact) mass is 389 g/mol. The topological polar surface area (TPSA) is 59.6 Å². The molecule has 5 heteroatoms. The van der Waals surface area contributed by atoms with E-state index in [4.69, 9.17) is 10.5 Å². The van der Waals surface area contributed by atoms with Crippen molar-refractivity contribution in [3.8, 4) is 0 Å². The molecule has 20 heavy (non-hydrogen) atoms. The number of benzene rings is 1. The Labute approximate surface area is 138 Å². The van der Waals surface area contributed by atoms with Crippen molar-refractivity contribution in [1.82, 2.24) is 0 Å². The first-order valence-corrected chi connectivity index (χ1v) is 6.74. The van der Waals surface area contributed by atoms with Gasteiger partial charge in [-0.2, -0.15) is 0 Å². The Hall–Kier alpha value is -0.820. The lowest BCUT2D eigenvalue weighted by atomic mass is 10.1. The third kappa shape index (κ3) is 4.63. The van der Waals surface area contributed by atoms with Gasteiger partial charge in [0.05, 0.1) is 12.1 Å². The lowest BCUT2D eigenvalue weighted by molar-refractivity contribution is 0.0312. The Morgan fingerprint density at radius 3 is 2.75 bits per heavy atom. The molecule has 0 heterocycles. The van der Waals surface area contributed by atoms with Gasteiger partial charge in [-0.3, -0.25) is 4.99 Å². The summed E-state index contributed by atoms with van der Waals surface area (Å²) in [7, 11) is 1.68. The van der Waals surface area contributed by atoms with Crippen molar-refractivity contribution in [3.05, 3.63) is 29.3 Å². The van der Waals surface area contributed by atoms with Crippen molar-refractivity contribution in [3.63, 3.8) is 0 Å². The van der Waals surface area contributed by atoms with E-state index in [1.807, 2.05) is 13.8 Å². The summed E-state index contributed by atoms with van der Waals surface area (Å²) in [6, 6.07) is 6.41. The summed E-state index contributed by atoms with van der Waals surface area (Å²) in [6.07, 6.45) is 3.62. The molecule has 0 bridgehead atoms. The quantitative estimate of drug-likeness (QED) is 0.473. The molecule has 4 nitrogen and oxygen atoms in total. The number of hydrogen-bond acceptors (Lipinski definition) is 2. The van der Waals surface area contributed by atoms with E-state index in [0.29, 0.717) is 12.5 Å². The van der Waals surface area contributed by atoms with Crippen LogP contribution in [0.2, 0.25) is 0 Å². The second kappa shape index (κ2) is 7.26. The normalized spacial score (nSPS) is 14.7. The van der Waals surface area contributed by atoms with E-state index in [2.05, 4.69) is 28.5 Å². The summed E-state index contributed by atoms with van der Waals surface area (Å²) in [5.74, 6) is 0.433. The van der Waals surface area contributed by atoms with Crippen LogP contribution in [-0.4, -0.2) is 25.2 Å². The maximum absolute atomic E-state index is 5.90. The van der Waals surface area contributed by atoms with E-state index in [-0.39, 0.29) is 29.6 Å². The summed E-state index contributed by atoms with van der Waals surface area (Å²) < 4.78 is 5.31. The Morgan fingerprint density at radius 1 is 1.35 bits per heavy atom. The number of nitrogens with zero attached hydrogens (tertiary/aromatic N) is 1. The molecule has 0 saturated carbocycles. The third-order valence-corrected chi connectivity index (χ3v) is 3.55. The van der Waals surface area contributed by atoms with Gasteiger partial charge in [-0.05, 0) is 56.4 Å². The average Bonchev–Trinajstić information content (AvgIpc) is 2.84. The van der Waals surface area contributed by atoms with Crippen LogP contribution in [0.25, 0.3) is 0 Å². The van der Waals surface area contributed by atoms with Crippen LogP contribution in [-0.2, 0) is 17.6 Å². The predicted octanol–water partition coefficient (Wildman–Crippen LogP) is 2.94. The molecule has 0 fully saturated rings. The van der Waals surface area contributed by atoms with Crippen molar-refractivity contribution in [2.24, 2.45) is 10.7 Å². The number of guanidine groups is 1. The smallest absolute Gasteiger partial charge is 0.193 e. The number of aliphatic imine (C=N–C) groups is 1. The van der Waals surface area contributed by atoms with Gasteiger partial charge in [0.25, 0.3) is 0 Å². The fraction of sp³-hybridized carbons (Fsp3) is 0.533. The maximum Gasteiger partial charge on any atom is 0.193 e. The highest BCUT2D eigenvalue weighted by Gasteiger charge is 2.15. The molecule has 0 unspecified atom stereocenters. The number of halogens is 1. The highest BCUT2D eigenvalue weighted by molar-refractivity contribution is 14.0. The highest BCUT2D eigenvalue weighted by Crippen LogP contribution is 2.24. The molecule has 3 N–H and O–H groups in total. The number of methoxy groups -OCH3 is 1. The van der Waals surface area contributed by atoms with Crippen molar-refractivity contribution in [2.75, 3.05) is 19.0 Å². The van der Waals surface area contributed by atoms with Gasteiger partial charge in [0, 0.05) is 12.8 Å². The highest BCUT2D eigenvalue weighted by atomic mass is 127. The second-order valence-corrected chi connectivity index (χ2v) is 5.63. The standard InChI is InChI=1S/C15H23N3O.HI/c1-15(2,19-3)10-17-14(16)18-13-8-7-11-5-4-6-12(11)9-13;/h7-9H,4-6,10H2,1-3H3,(H3,16,17,18);1H. The Balaban J connectivity index is 0.00000200. The molecule has 0 spiro atoms. The number of nitrogens with one attached hydrogen (secondary N) is 1. The first kappa shape index (κ1) is 17.2. The lowest BCUT2D eigenvalue weighted by Crippen LogP contribution is -2.30. The molecule has 1 aromatic rings. The zero-order valence-corrected chi connectivity index (χ0v) is 14.7. The van der Waals surface area contributed by atoms with Crippen molar-refractivity contribution < 1.29 is 4.74 Å². The number of rotatable bonds is 4. The van der Waals surface area contributed by atoms with Crippen LogP contribution in [0, 0.1) is 0 Å². The molecule has 0 amide bonds. The van der Waals surface area contributed by atoms with E-state index >= 15 is 0 Å². The van der Waals surface area contributed by atoms with Crippen LogP contribution in [0.1, 0.15) is 31.4 Å². The molecule has 1 aromatic carbocycles. The van der Waals surface area contributed by atoms with E-state index in [0.717, 1.165) is 5.69 Å². The lowest BCUT2D eigenvalue weighted by Gasteiger charge is -2.20. The minimum atomic E-state index is -0.287. The fourth-order valence-electron chi connectivity index (χ4n) is 2.18. The number of fused-ring (bicyclic) bond motifs is 1. The summed E-state index contributed by atoms with van der Waals surface area (Å²) in [4.78, 5) is 4.31. The van der Waals surface area contributed by atoms with E-state index < -0.39 is 0 Å². The summed E-state index contributed by atoms with van der Waals surface area (Å²) in [5.41, 5.74) is 9.51. The minimum Gasteiger partial charge on any atom is -0.377 e. The van der Waals surface area contributed by atoms with Crippen LogP contribution in [0.5, 0.6) is 0 Å². The molecular formula is C15H24IN3O. The number of hydrogen-bond donors (Lipinski definition) is 2. The van der Waals surface area contributed by atoms with Crippen LogP contribution in [0.3, 0.4) is 0 Å². The Bertz CT molecular complexity index is 486. The number of aryl methyl sites for hydroxylation is 2. The number of anilines is 1. The maximum atomic E-state index is 5.90. The van der Waals surface area contributed by atoms with Crippen LogP contribution in [0.15, 0.2) is 23.2 Å². The van der Waals surface area contributed by atoms with Gasteiger partial charge in [-0.1, -0.05) is 6.07 Å². The molecule has 2 rings (SSSR count). The van der Waals surface area contributed by atoms with Gasteiger partial charge in [0.1, 0.15) is 0 Å². The Kier molecular flexibility index (Phi) is 6.26. The largest absolute Gasteiger partial charge is 0.377 e. The SMILES string of the molecule is COC(C)(C)CN=C(N)Nc1ccc2c(c1)CCC2.I. The third-order valence-electron chi connectivity index (χ3n) is 3.55. The number of nitrogens with two attached hydrogens (primary N) is 1. The van der Waals surface area contributed by atoms with Gasteiger partial charge in [0.2, 0.25) is 0 Å². The molecule has 112 valence electrons. The van der Waals surface area contributed by atoms with E-state index in [1.165, 1.54) is 30.4 Å². The molecule has 1 aliphatic carbocycles. The first-order valence-electron chi connectivity index (χ1n) is 6.74. The van der Waals surface area contributed by atoms with Gasteiger partial charge in [-0.15, -0.1) is 24.0 Å². The zero-order chi connectivity index (χ0) is 13.9.